The van der Waals surface area contributed by atoms with Crippen LogP contribution in [0.2, 0.25) is 5.02 Å². The van der Waals surface area contributed by atoms with Crippen LogP contribution in [0, 0.1) is 0 Å². The smallest absolute Gasteiger partial charge is 0.260 e. The highest BCUT2D eigenvalue weighted by molar-refractivity contribution is 8.04. The number of phenols is 1. The van der Waals surface area contributed by atoms with Gasteiger partial charge in [0.15, 0.2) is 0 Å². The molecule has 2 aliphatic heterocycles. The molecule has 0 aliphatic carbocycles. The highest BCUT2D eigenvalue weighted by Gasteiger charge is 2.35. The Labute approximate surface area is 120 Å². The fourth-order valence-electron chi connectivity index (χ4n) is 2.27. The summed E-state index contributed by atoms with van der Waals surface area (Å²) in [5.41, 5.74) is 1.48. The molecule has 0 spiro atoms. The number of fused-ring (bicyclic) bond motifs is 1. The Morgan fingerprint density at radius 2 is 2.16 bits per heavy atom. The van der Waals surface area contributed by atoms with Gasteiger partial charge in [0.25, 0.3) is 5.91 Å². The Balaban J connectivity index is 2.03. The Kier molecular flexibility index (Phi) is 2.73. The van der Waals surface area contributed by atoms with E-state index in [0.717, 1.165) is 22.7 Å². The third-order valence-electron chi connectivity index (χ3n) is 3.10. The summed E-state index contributed by atoms with van der Waals surface area (Å²) < 4.78 is 0. The van der Waals surface area contributed by atoms with Gasteiger partial charge in [0.05, 0.1) is 15.6 Å². The zero-order valence-electron chi connectivity index (χ0n) is 10.5. The van der Waals surface area contributed by atoms with Gasteiger partial charge in [-0.25, -0.2) is 0 Å². The summed E-state index contributed by atoms with van der Waals surface area (Å²) in [4.78, 5) is 13.5. The van der Waals surface area contributed by atoms with Crippen LogP contribution in [0.5, 0.6) is 5.75 Å². The van der Waals surface area contributed by atoms with E-state index in [-0.39, 0.29) is 17.2 Å². The first-order valence-corrected chi connectivity index (χ1v) is 7.08. The maximum atomic E-state index is 12.1. The Morgan fingerprint density at radius 3 is 2.89 bits per heavy atom. The number of halogens is 1. The number of aromatic hydroxyl groups is 1. The van der Waals surface area contributed by atoms with Gasteiger partial charge in [-0.15, -0.1) is 0 Å². The van der Waals surface area contributed by atoms with Crippen LogP contribution in [0.1, 0.15) is 20.3 Å². The van der Waals surface area contributed by atoms with Crippen molar-refractivity contribution in [2.45, 2.75) is 30.7 Å². The summed E-state index contributed by atoms with van der Waals surface area (Å²) in [5, 5.41) is 16.2. The first-order valence-electron chi connectivity index (χ1n) is 5.89. The largest absolute Gasteiger partial charge is 0.506 e. The van der Waals surface area contributed by atoms with E-state index < -0.39 is 0 Å². The Hall–Kier alpha value is -1.33. The highest BCUT2D eigenvalue weighted by atomic mass is 35.5. The van der Waals surface area contributed by atoms with E-state index >= 15 is 0 Å². The van der Waals surface area contributed by atoms with Crippen molar-refractivity contribution in [2.75, 3.05) is 5.32 Å². The molecule has 0 aromatic heterocycles. The molecule has 0 saturated heterocycles. The van der Waals surface area contributed by atoms with E-state index in [2.05, 4.69) is 10.6 Å². The molecule has 0 saturated carbocycles. The average Bonchev–Trinajstić information content (AvgIpc) is 2.28. The van der Waals surface area contributed by atoms with E-state index in [1.165, 1.54) is 11.8 Å². The number of hydrogen-bond donors (Lipinski definition) is 3. The fourth-order valence-corrected chi connectivity index (χ4v) is 3.44. The number of phenolic OH excluding ortho intramolecular Hbond substituents is 1. The molecule has 4 nitrogen and oxygen atoms in total. The van der Waals surface area contributed by atoms with Gasteiger partial charge >= 0.3 is 0 Å². The van der Waals surface area contributed by atoms with Crippen molar-refractivity contribution >= 4 is 35.0 Å². The van der Waals surface area contributed by atoms with Crippen LogP contribution in [-0.2, 0) is 4.79 Å². The number of amides is 1. The topological polar surface area (TPSA) is 61.4 Å². The lowest BCUT2D eigenvalue weighted by molar-refractivity contribution is -0.118. The van der Waals surface area contributed by atoms with Crippen molar-refractivity contribution < 1.29 is 9.90 Å². The quantitative estimate of drug-likeness (QED) is 0.644. The van der Waals surface area contributed by atoms with Crippen LogP contribution in [0.25, 0.3) is 0 Å². The normalized spacial score (nSPS) is 20.3. The minimum atomic E-state index is -0.262. The molecule has 0 unspecified atom stereocenters. The third-order valence-corrected chi connectivity index (χ3v) is 4.59. The second kappa shape index (κ2) is 4.08. The van der Waals surface area contributed by atoms with Crippen LogP contribution in [-0.4, -0.2) is 16.6 Å². The van der Waals surface area contributed by atoms with Crippen molar-refractivity contribution in [2.24, 2.45) is 0 Å². The molecule has 2 heterocycles. The molecular weight excluding hydrogens is 284 g/mol. The van der Waals surface area contributed by atoms with E-state index in [4.69, 9.17) is 11.6 Å². The maximum absolute atomic E-state index is 12.1. The van der Waals surface area contributed by atoms with Crippen LogP contribution in [0.15, 0.2) is 27.6 Å². The number of benzene rings is 1. The van der Waals surface area contributed by atoms with Crippen LogP contribution in [0.3, 0.4) is 0 Å². The SMILES string of the molecule is CC1(C)CC2=C(Sc3cc(O)c(Cl)cc3N2)C(=O)N1. The third kappa shape index (κ3) is 2.17. The van der Waals surface area contributed by atoms with Crippen molar-refractivity contribution in [1.29, 1.82) is 0 Å². The highest BCUT2D eigenvalue weighted by Crippen LogP contribution is 2.46. The van der Waals surface area contributed by atoms with Crippen LogP contribution >= 0.6 is 23.4 Å². The van der Waals surface area contributed by atoms with Crippen LogP contribution in [0.4, 0.5) is 5.69 Å². The maximum Gasteiger partial charge on any atom is 0.260 e. The first-order chi connectivity index (χ1) is 8.85. The molecular formula is C13H13ClN2O2S. The summed E-state index contributed by atoms with van der Waals surface area (Å²) >= 11 is 7.27. The van der Waals surface area contributed by atoms with Gasteiger partial charge in [-0.05, 0) is 26.0 Å². The lowest BCUT2D eigenvalue weighted by Crippen LogP contribution is -2.48. The minimum Gasteiger partial charge on any atom is -0.506 e. The van der Waals surface area contributed by atoms with E-state index in [1.54, 1.807) is 12.1 Å². The first kappa shape index (κ1) is 12.7. The second-order valence-electron chi connectivity index (χ2n) is 5.35. The summed E-state index contributed by atoms with van der Waals surface area (Å²) in [6.07, 6.45) is 0.735. The minimum absolute atomic E-state index is 0.0234. The van der Waals surface area contributed by atoms with Gasteiger partial charge < -0.3 is 15.7 Å². The monoisotopic (exact) mass is 296 g/mol. The molecule has 0 fully saturated rings. The number of thioether (sulfide) groups is 1. The van der Waals surface area contributed by atoms with Crippen molar-refractivity contribution in [3.05, 3.63) is 27.8 Å². The van der Waals surface area contributed by atoms with Crippen molar-refractivity contribution in [3.63, 3.8) is 0 Å². The fraction of sp³-hybridized carbons (Fsp3) is 0.308. The predicted molar refractivity (Wildman–Crippen MR) is 76.5 cm³/mol. The molecule has 19 heavy (non-hydrogen) atoms. The zero-order valence-corrected chi connectivity index (χ0v) is 12.1. The van der Waals surface area contributed by atoms with Gasteiger partial charge in [0, 0.05) is 22.6 Å². The molecule has 100 valence electrons. The van der Waals surface area contributed by atoms with Gasteiger partial charge in [-0.2, -0.15) is 0 Å². The second-order valence-corrected chi connectivity index (χ2v) is 6.81. The summed E-state index contributed by atoms with van der Waals surface area (Å²) in [6.45, 7) is 3.97. The lowest BCUT2D eigenvalue weighted by atomic mass is 9.94. The number of carbonyl (C=O) groups excluding carboxylic acids is 1. The molecule has 3 rings (SSSR count). The summed E-state index contributed by atoms with van der Waals surface area (Å²) in [6, 6.07) is 3.26. The standard InChI is InChI=1S/C13H13ClN2O2S/c1-13(2)5-8-11(12(18)16-13)19-10-4-9(17)6(14)3-7(10)15-8/h3-4,15,17H,5H2,1-2H3,(H,16,18). The molecule has 3 N–H and O–H groups in total. The van der Waals surface area contributed by atoms with Gasteiger partial charge in [0.1, 0.15) is 5.75 Å². The molecule has 0 radical (unpaired) electrons. The molecule has 2 aliphatic rings. The lowest BCUT2D eigenvalue weighted by Gasteiger charge is -2.36. The number of rotatable bonds is 0. The predicted octanol–water partition coefficient (Wildman–Crippen LogP) is 3.07. The number of nitrogens with one attached hydrogen (secondary N) is 2. The van der Waals surface area contributed by atoms with Gasteiger partial charge in [0.2, 0.25) is 0 Å². The Bertz CT molecular complexity index is 625. The zero-order chi connectivity index (χ0) is 13.8. The van der Waals surface area contributed by atoms with Crippen molar-refractivity contribution in [3.8, 4) is 5.75 Å². The van der Waals surface area contributed by atoms with Gasteiger partial charge in [-0.1, -0.05) is 23.4 Å². The molecule has 1 aromatic rings. The number of carbonyl (C=O) groups is 1. The molecule has 1 aromatic carbocycles. The molecule has 1 amide bonds. The van der Waals surface area contributed by atoms with Crippen LogP contribution < -0.4 is 10.6 Å². The summed E-state index contributed by atoms with van der Waals surface area (Å²) in [5.74, 6) is -0.0563. The molecule has 0 bridgehead atoms. The molecule has 6 heteroatoms. The number of hydrogen-bond acceptors (Lipinski definition) is 4. The van der Waals surface area contributed by atoms with E-state index in [9.17, 15) is 9.90 Å². The average molecular weight is 297 g/mol. The van der Waals surface area contributed by atoms with E-state index in [1.807, 2.05) is 13.8 Å². The van der Waals surface area contributed by atoms with Gasteiger partial charge in [-0.3, -0.25) is 4.79 Å². The van der Waals surface area contributed by atoms with E-state index in [0.29, 0.717) is 9.93 Å². The summed E-state index contributed by atoms with van der Waals surface area (Å²) in [7, 11) is 0. The number of anilines is 1. The Morgan fingerprint density at radius 1 is 1.42 bits per heavy atom. The molecule has 0 atom stereocenters. The van der Waals surface area contributed by atoms with Crippen molar-refractivity contribution in [1.82, 2.24) is 5.32 Å².